The zero-order valence-corrected chi connectivity index (χ0v) is 7.80. The maximum absolute atomic E-state index is 3.88. The Bertz CT molecular complexity index is 194. The Hall–Kier alpha value is -0.830. The largest absolute Gasteiger partial charge is 0.311 e. The number of hydrogen-bond donors (Lipinski definition) is 2. The average Bonchev–Trinajstić information content (AvgIpc) is 2.57. The summed E-state index contributed by atoms with van der Waals surface area (Å²) in [6.45, 7) is 6.43. The highest BCUT2D eigenvalue weighted by atomic mass is 15.1. The molecule has 1 aromatic rings. The molecular weight excluding hydrogens is 150 g/mol. The van der Waals surface area contributed by atoms with Crippen molar-refractivity contribution >= 4 is 0 Å². The van der Waals surface area contributed by atoms with Crippen molar-refractivity contribution in [2.45, 2.75) is 26.8 Å². The molecule has 0 radical (unpaired) electrons. The van der Waals surface area contributed by atoms with Gasteiger partial charge in [-0.2, -0.15) is 5.10 Å². The Morgan fingerprint density at radius 2 is 2.50 bits per heavy atom. The van der Waals surface area contributed by atoms with E-state index in [9.17, 15) is 0 Å². The lowest BCUT2D eigenvalue weighted by molar-refractivity contribution is 0.497. The Labute approximate surface area is 73.6 Å². The fourth-order valence-electron chi connectivity index (χ4n) is 0.981. The van der Waals surface area contributed by atoms with Gasteiger partial charge in [-0.3, -0.25) is 5.10 Å². The average molecular weight is 167 g/mol. The van der Waals surface area contributed by atoms with Crippen LogP contribution in [0.5, 0.6) is 0 Å². The molecule has 0 aliphatic rings. The molecule has 0 amide bonds. The molecule has 1 rings (SSSR count). The molecule has 0 bridgehead atoms. The van der Waals surface area contributed by atoms with Crippen LogP contribution in [0.4, 0.5) is 0 Å². The van der Waals surface area contributed by atoms with Crippen LogP contribution in [0.3, 0.4) is 0 Å². The van der Waals surface area contributed by atoms with Crippen molar-refractivity contribution in [3.63, 3.8) is 0 Å². The lowest BCUT2D eigenvalue weighted by atomic mass is 10.1. The predicted molar refractivity (Wildman–Crippen MR) is 49.7 cm³/mol. The zero-order valence-electron chi connectivity index (χ0n) is 7.80. The van der Waals surface area contributed by atoms with Gasteiger partial charge in [0.25, 0.3) is 0 Å². The predicted octanol–water partition coefficient (Wildman–Crippen LogP) is 1.55. The van der Waals surface area contributed by atoms with E-state index in [0.717, 1.165) is 24.7 Å². The van der Waals surface area contributed by atoms with Gasteiger partial charge in [0.2, 0.25) is 0 Å². The van der Waals surface area contributed by atoms with Gasteiger partial charge in [0, 0.05) is 18.4 Å². The Kier molecular flexibility index (Phi) is 3.80. The topological polar surface area (TPSA) is 40.7 Å². The van der Waals surface area contributed by atoms with E-state index in [1.54, 1.807) is 6.20 Å². The number of nitrogens with one attached hydrogen (secondary N) is 2. The van der Waals surface area contributed by atoms with Gasteiger partial charge in [0.1, 0.15) is 0 Å². The normalized spacial score (nSPS) is 13.2. The Morgan fingerprint density at radius 3 is 3.08 bits per heavy atom. The van der Waals surface area contributed by atoms with Gasteiger partial charge in [-0.15, -0.1) is 0 Å². The minimum Gasteiger partial charge on any atom is -0.311 e. The van der Waals surface area contributed by atoms with Gasteiger partial charge in [-0.1, -0.05) is 20.3 Å². The number of hydrogen-bond acceptors (Lipinski definition) is 2. The highest BCUT2D eigenvalue weighted by Gasteiger charge is 1.97. The van der Waals surface area contributed by atoms with Crippen molar-refractivity contribution < 1.29 is 0 Å². The molecule has 2 N–H and O–H groups in total. The second-order valence-corrected chi connectivity index (χ2v) is 3.23. The smallest absolute Gasteiger partial charge is 0.0490 e. The van der Waals surface area contributed by atoms with E-state index in [1.807, 2.05) is 6.07 Å². The molecular formula is C9H17N3. The molecule has 3 nitrogen and oxygen atoms in total. The summed E-state index contributed by atoms with van der Waals surface area (Å²) in [5.74, 6) is 0.757. The van der Waals surface area contributed by atoms with E-state index in [2.05, 4.69) is 29.4 Å². The van der Waals surface area contributed by atoms with Crippen LogP contribution in [0.25, 0.3) is 0 Å². The third-order valence-corrected chi connectivity index (χ3v) is 2.06. The summed E-state index contributed by atoms with van der Waals surface area (Å²) in [7, 11) is 0. The van der Waals surface area contributed by atoms with E-state index in [-0.39, 0.29) is 0 Å². The van der Waals surface area contributed by atoms with Crippen LogP contribution in [-0.4, -0.2) is 16.7 Å². The molecule has 0 saturated carbocycles. The molecule has 0 aliphatic heterocycles. The first-order valence-electron chi connectivity index (χ1n) is 4.52. The van der Waals surface area contributed by atoms with Gasteiger partial charge in [-0.25, -0.2) is 0 Å². The standard InChI is InChI=1S/C9H17N3/c1-3-8(2)6-10-7-9-4-5-11-12-9/h4-5,8,10H,3,6-7H2,1-2H3,(H,11,12). The first-order chi connectivity index (χ1) is 5.83. The Balaban J connectivity index is 2.11. The van der Waals surface area contributed by atoms with Crippen LogP contribution in [0.1, 0.15) is 26.0 Å². The minimum atomic E-state index is 0.757. The fourth-order valence-corrected chi connectivity index (χ4v) is 0.981. The molecule has 1 aromatic heterocycles. The lowest BCUT2D eigenvalue weighted by Gasteiger charge is -2.08. The minimum absolute atomic E-state index is 0.757. The van der Waals surface area contributed by atoms with E-state index in [1.165, 1.54) is 6.42 Å². The number of aromatic nitrogens is 2. The van der Waals surface area contributed by atoms with Crippen molar-refractivity contribution in [2.75, 3.05) is 6.54 Å². The molecule has 0 aromatic carbocycles. The van der Waals surface area contributed by atoms with Crippen molar-refractivity contribution in [3.8, 4) is 0 Å². The highest BCUT2D eigenvalue weighted by Crippen LogP contribution is 1.98. The van der Waals surface area contributed by atoms with Gasteiger partial charge < -0.3 is 5.32 Å². The number of nitrogens with zero attached hydrogens (tertiary/aromatic N) is 1. The van der Waals surface area contributed by atoms with Crippen molar-refractivity contribution in [1.29, 1.82) is 0 Å². The molecule has 3 heteroatoms. The summed E-state index contributed by atoms with van der Waals surface area (Å²) in [6, 6.07) is 1.99. The van der Waals surface area contributed by atoms with Gasteiger partial charge in [0.05, 0.1) is 0 Å². The monoisotopic (exact) mass is 167 g/mol. The molecule has 0 spiro atoms. The van der Waals surface area contributed by atoms with E-state index in [4.69, 9.17) is 0 Å². The van der Waals surface area contributed by atoms with Gasteiger partial charge in [0.15, 0.2) is 0 Å². The quantitative estimate of drug-likeness (QED) is 0.698. The van der Waals surface area contributed by atoms with Crippen LogP contribution in [-0.2, 0) is 6.54 Å². The van der Waals surface area contributed by atoms with E-state index in [0.29, 0.717) is 0 Å². The third-order valence-electron chi connectivity index (χ3n) is 2.06. The molecule has 68 valence electrons. The maximum atomic E-state index is 3.88. The van der Waals surface area contributed by atoms with Crippen LogP contribution in [0.2, 0.25) is 0 Å². The summed E-state index contributed by atoms with van der Waals surface area (Å²) < 4.78 is 0. The highest BCUT2D eigenvalue weighted by molar-refractivity contribution is 4.96. The molecule has 1 heterocycles. The molecule has 0 fully saturated rings. The molecule has 0 saturated heterocycles. The molecule has 1 unspecified atom stereocenters. The summed E-state index contributed by atoms with van der Waals surface area (Å²) >= 11 is 0. The fraction of sp³-hybridized carbons (Fsp3) is 0.667. The van der Waals surface area contributed by atoms with E-state index < -0.39 is 0 Å². The second kappa shape index (κ2) is 4.93. The van der Waals surface area contributed by atoms with Crippen LogP contribution in [0.15, 0.2) is 12.3 Å². The summed E-state index contributed by atoms with van der Waals surface area (Å²) in [5.41, 5.74) is 1.15. The van der Waals surface area contributed by atoms with E-state index >= 15 is 0 Å². The third kappa shape index (κ3) is 3.05. The molecule has 0 aliphatic carbocycles. The lowest BCUT2D eigenvalue weighted by Crippen LogP contribution is -2.20. The van der Waals surface area contributed by atoms with Gasteiger partial charge in [-0.05, 0) is 18.5 Å². The maximum Gasteiger partial charge on any atom is 0.0490 e. The summed E-state index contributed by atoms with van der Waals surface area (Å²) in [5, 5.41) is 10.2. The molecule has 1 atom stereocenters. The Morgan fingerprint density at radius 1 is 1.67 bits per heavy atom. The number of aromatic amines is 1. The first-order valence-corrected chi connectivity index (χ1v) is 4.52. The summed E-state index contributed by atoms with van der Waals surface area (Å²) in [6.07, 6.45) is 3.01. The van der Waals surface area contributed by atoms with Crippen molar-refractivity contribution in [1.82, 2.24) is 15.5 Å². The first kappa shape index (κ1) is 9.26. The molecule has 12 heavy (non-hydrogen) atoms. The van der Waals surface area contributed by atoms with Crippen molar-refractivity contribution in [2.24, 2.45) is 5.92 Å². The van der Waals surface area contributed by atoms with Crippen LogP contribution < -0.4 is 5.32 Å². The second-order valence-electron chi connectivity index (χ2n) is 3.23. The zero-order chi connectivity index (χ0) is 8.81. The van der Waals surface area contributed by atoms with Crippen LogP contribution in [0, 0.1) is 5.92 Å². The van der Waals surface area contributed by atoms with Crippen LogP contribution >= 0.6 is 0 Å². The SMILES string of the molecule is CCC(C)CNCc1ccn[nH]1. The number of H-pyrrole nitrogens is 1. The summed E-state index contributed by atoms with van der Waals surface area (Å²) in [4.78, 5) is 0. The van der Waals surface area contributed by atoms with Gasteiger partial charge >= 0.3 is 0 Å². The number of rotatable bonds is 5. The van der Waals surface area contributed by atoms with Crippen molar-refractivity contribution in [3.05, 3.63) is 18.0 Å².